The molecule has 0 aromatic carbocycles. The zero-order valence-electron chi connectivity index (χ0n) is 9.70. The molecule has 0 spiro atoms. The van der Waals surface area contributed by atoms with Crippen LogP contribution in [-0.2, 0) is 0 Å². The molecule has 0 aliphatic heterocycles. The first kappa shape index (κ1) is 12.0. The number of nitrogens with zero attached hydrogens (tertiary/aromatic N) is 2. The van der Waals surface area contributed by atoms with E-state index in [1.165, 1.54) is 22.7 Å². The molecule has 1 amide bonds. The van der Waals surface area contributed by atoms with Crippen LogP contribution >= 0.6 is 22.7 Å². The van der Waals surface area contributed by atoms with Crippen molar-refractivity contribution >= 4 is 38.8 Å². The molecular formula is C10H12N4OS2. The van der Waals surface area contributed by atoms with E-state index >= 15 is 0 Å². The van der Waals surface area contributed by atoms with Gasteiger partial charge in [-0.05, 0) is 20.8 Å². The number of nitrogen functional groups attached to an aromatic ring is 1. The van der Waals surface area contributed by atoms with E-state index in [-0.39, 0.29) is 5.91 Å². The molecule has 0 atom stereocenters. The molecule has 0 saturated heterocycles. The minimum atomic E-state index is -0.203. The van der Waals surface area contributed by atoms with Gasteiger partial charge in [0.15, 0.2) is 10.3 Å². The summed E-state index contributed by atoms with van der Waals surface area (Å²) in [7, 11) is 0. The Kier molecular flexibility index (Phi) is 3.12. The number of rotatable bonds is 2. The van der Waals surface area contributed by atoms with Gasteiger partial charge in [0, 0.05) is 4.88 Å². The van der Waals surface area contributed by atoms with Crippen LogP contribution in [0.1, 0.15) is 25.9 Å². The van der Waals surface area contributed by atoms with Crippen LogP contribution in [-0.4, -0.2) is 15.9 Å². The summed E-state index contributed by atoms with van der Waals surface area (Å²) in [5.74, 6) is -0.203. The lowest BCUT2D eigenvalue weighted by Crippen LogP contribution is -2.11. The van der Waals surface area contributed by atoms with Crippen LogP contribution in [0.5, 0.6) is 0 Å². The van der Waals surface area contributed by atoms with Crippen molar-refractivity contribution in [1.29, 1.82) is 0 Å². The fourth-order valence-corrected chi connectivity index (χ4v) is 2.85. The number of thiazole rings is 2. The van der Waals surface area contributed by atoms with Crippen LogP contribution in [0.2, 0.25) is 0 Å². The number of hydrogen-bond donors (Lipinski definition) is 2. The molecule has 2 aromatic heterocycles. The largest absolute Gasteiger partial charge is 0.375 e. The second-order valence-corrected chi connectivity index (χ2v) is 5.82. The molecule has 2 rings (SSSR count). The Labute approximate surface area is 107 Å². The molecule has 0 unspecified atom stereocenters. The molecule has 0 aliphatic carbocycles. The topological polar surface area (TPSA) is 80.9 Å². The second-order valence-electron chi connectivity index (χ2n) is 3.58. The summed E-state index contributed by atoms with van der Waals surface area (Å²) in [6.45, 7) is 5.65. The predicted molar refractivity (Wildman–Crippen MR) is 70.8 cm³/mol. The highest BCUT2D eigenvalue weighted by molar-refractivity contribution is 7.18. The number of anilines is 2. The number of amides is 1. The number of nitrogens with one attached hydrogen (secondary N) is 1. The summed E-state index contributed by atoms with van der Waals surface area (Å²) in [4.78, 5) is 21.8. The van der Waals surface area contributed by atoms with Gasteiger partial charge in [0.2, 0.25) is 0 Å². The van der Waals surface area contributed by atoms with Crippen LogP contribution < -0.4 is 11.1 Å². The maximum absolute atomic E-state index is 11.9. The molecule has 2 aromatic rings. The molecule has 0 saturated carbocycles. The van der Waals surface area contributed by atoms with Crippen molar-refractivity contribution in [3.05, 3.63) is 21.1 Å². The third kappa shape index (κ3) is 2.45. The molecule has 17 heavy (non-hydrogen) atoms. The van der Waals surface area contributed by atoms with E-state index < -0.39 is 0 Å². The third-order valence-electron chi connectivity index (χ3n) is 2.27. The van der Waals surface area contributed by atoms with Gasteiger partial charge >= 0.3 is 0 Å². The molecule has 2 heterocycles. The molecular weight excluding hydrogens is 256 g/mol. The van der Waals surface area contributed by atoms with Gasteiger partial charge in [-0.1, -0.05) is 11.3 Å². The van der Waals surface area contributed by atoms with E-state index in [1.54, 1.807) is 6.92 Å². The van der Waals surface area contributed by atoms with Crippen molar-refractivity contribution < 1.29 is 4.79 Å². The SMILES string of the molecule is Cc1nc(NC(=O)c2sc(N)nc2C)sc1C. The first-order valence-electron chi connectivity index (χ1n) is 4.95. The van der Waals surface area contributed by atoms with E-state index in [9.17, 15) is 4.79 Å². The minimum absolute atomic E-state index is 0.203. The van der Waals surface area contributed by atoms with E-state index in [0.717, 1.165) is 10.6 Å². The molecule has 3 N–H and O–H groups in total. The Morgan fingerprint density at radius 2 is 1.88 bits per heavy atom. The van der Waals surface area contributed by atoms with Gasteiger partial charge < -0.3 is 5.73 Å². The first-order valence-corrected chi connectivity index (χ1v) is 6.59. The van der Waals surface area contributed by atoms with Gasteiger partial charge in [-0.15, -0.1) is 11.3 Å². The summed E-state index contributed by atoms with van der Waals surface area (Å²) < 4.78 is 0. The van der Waals surface area contributed by atoms with E-state index in [4.69, 9.17) is 5.73 Å². The molecule has 5 nitrogen and oxygen atoms in total. The Morgan fingerprint density at radius 1 is 1.18 bits per heavy atom. The summed E-state index contributed by atoms with van der Waals surface area (Å²) in [6, 6.07) is 0. The lowest BCUT2D eigenvalue weighted by molar-refractivity contribution is 0.103. The quantitative estimate of drug-likeness (QED) is 0.876. The maximum Gasteiger partial charge on any atom is 0.269 e. The van der Waals surface area contributed by atoms with Gasteiger partial charge in [0.1, 0.15) is 4.88 Å². The van der Waals surface area contributed by atoms with Crippen molar-refractivity contribution in [2.24, 2.45) is 0 Å². The zero-order chi connectivity index (χ0) is 12.6. The highest BCUT2D eigenvalue weighted by Gasteiger charge is 2.16. The number of hydrogen-bond acceptors (Lipinski definition) is 6. The Hall–Kier alpha value is -1.47. The molecule has 0 bridgehead atoms. The zero-order valence-corrected chi connectivity index (χ0v) is 11.3. The number of aryl methyl sites for hydroxylation is 3. The normalized spacial score (nSPS) is 10.5. The summed E-state index contributed by atoms with van der Waals surface area (Å²) in [5, 5.41) is 3.77. The maximum atomic E-state index is 11.9. The van der Waals surface area contributed by atoms with Gasteiger partial charge in [0.25, 0.3) is 5.91 Å². The van der Waals surface area contributed by atoms with Crippen molar-refractivity contribution in [2.45, 2.75) is 20.8 Å². The highest BCUT2D eigenvalue weighted by atomic mass is 32.1. The van der Waals surface area contributed by atoms with Crippen molar-refractivity contribution in [3.63, 3.8) is 0 Å². The Bertz CT molecular complexity index is 553. The lowest BCUT2D eigenvalue weighted by Gasteiger charge is -1.98. The minimum Gasteiger partial charge on any atom is -0.375 e. The van der Waals surface area contributed by atoms with E-state index in [1.807, 2.05) is 13.8 Å². The van der Waals surface area contributed by atoms with Crippen LogP contribution in [0.15, 0.2) is 0 Å². The summed E-state index contributed by atoms with van der Waals surface area (Å²) >= 11 is 2.64. The van der Waals surface area contributed by atoms with Gasteiger partial charge in [-0.2, -0.15) is 0 Å². The Morgan fingerprint density at radius 3 is 2.35 bits per heavy atom. The van der Waals surface area contributed by atoms with Crippen molar-refractivity contribution in [1.82, 2.24) is 9.97 Å². The highest BCUT2D eigenvalue weighted by Crippen LogP contribution is 2.24. The molecule has 0 radical (unpaired) electrons. The summed E-state index contributed by atoms with van der Waals surface area (Å²) in [5.41, 5.74) is 7.14. The monoisotopic (exact) mass is 268 g/mol. The molecule has 0 aliphatic rings. The van der Waals surface area contributed by atoms with Crippen LogP contribution in [0.25, 0.3) is 0 Å². The van der Waals surface area contributed by atoms with Gasteiger partial charge in [0.05, 0.1) is 11.4 Å². The van der Waals surface area contributed by atoms with Crippen LogP contribution in [0.3, 0.4) is 0 Å². The van der Waals surface area contributed by atoms with Crippen LogP contribution in [0, 0.1) is 20.8 Å². The standard InChI is InChI=1S/C10H12N4OS2/c1-4-6(3)16-10(13-4)14-8(15)7-5(2)12-9(11)17-7/h1-3H3,(H2,11,12)(H,13,14,15). The predicted octanol–water partition coefficient (Wildman–Crippen LogP) is 2.36. The number of carbonyl (C=O) groups excluding carboxylic acids is 1. The average Bonchev–Trinajstić information content (AvgIpc) is 2.71. The van der Waals surface area contributed by atoms with Gasteiger partial charge in [-0.3, -0.25) is 10.1 Å². The smallest absolute Gasteiger partial charge is 0.269 e. The van der Waals surface area contributed by atoms with Crippen molar-refractivity contribution in [2.75, 3.05) is 11.1 Å². The third-order valence-corrected chi connectivity index (χ3v) is 4.24. The molecule has 0 fully saturated rings. The first-order chi connectivity index (χ1) is 7.97. The number of carbonyl (C=O) groups is 1. The molecule has 7 heteroatoms. The van der Waals surface area contributed by atoms with E-state index in [2.05, 4.69) is 15.3 Å². The van der Waals surface area contributed by atoms with Gasteiger partial charge in [-0.25, -0.2) is 9.97 Å². The molecule has 90 valence electrons. The Balaban J connectivity index is 2.19. The number of aromatic nitrogens is 2. The van der Waals surface area contributed by atoms with Crippen molar-refractivity contribution in [3.8, 4) is 0 Å². The van der Waals surface area contributed by atoms with E-state index in [0.29, 0.717) is 20.8 Å². The fourth-order valence-electron chi connectivity index (χ4n) is 1.31. The average molecular weight is 268 g/mol. The van der Waals surface area contributed by atoms with Crippen LogP contribution in [0.4, 0.5) is 10.3 Å². The second kappa shape index (κ2) is 4.42. The summed E-state index contributed by atoms with van der Waals surface area (Å²) in [6.07, 6.45) is 0. The fraction of sp³-hybridized carbons (Fsp3) is 0.300. The number of nitrogens with two attached hydrogens (primary N) is 1. The lowest BCUT2D eigenvalue weighted by atomic mass is 10.4.